The van der Waals surface area contributed by atoms with E-state index < -0.39 is 22.3 Å². The molecule has 1 rings (SSSR count). The molecule has 0 aliphatic carbocycles. The maximum absolute atomic E-state index is 12.1. The fraction of sp³-hybridized carbons (Fsp3) is 0.545. The van der Waals surface area contributed by atoms with Crippen molar-refractivity contribution in [2.45, 2.75) is 32.9 Å². The monoisotopic (exact) mass is 284 g/mol. The average molecular weight is 284 g/mol. The number of carboxylic acid groups (broad SMARTS) is 1. The van der Waals surface area contributed by atoms with Gasteiger partial charge in [0.05, 0.1) is 4.92 Å². The standard InChI is InChI=1S/C11H16N4O5/c1-4-14(11(2,3)10(17)18)9(16)7-13-6-8(5-12-13)15(19)20/h5-6H,4,7H2,1-3H3,(H,17,18). The van der Waals surface area contributed by atoms with Gasteiger partial charge in [-0.15, -0.1) is 0 Å². The molecule has 1 aromatic rings. The Morgan fingerprint density at radius 1 is 1.55 bits per heavy atom. The summed E-state index contributed by atoms with van der Waals surface area (Å²) in [5.41, 5.74) is -1.58. The van der Waals surface area contributed by atoms with Crippen molar-refractivity contribution in [1.29, 1.82) is 0 Å². The molecule has 0 aliphatic heterocycles. The zero-order valence-electron chi connectivity index (χ0n) is 11.4. The molecule has 9 heteroatoms. The van der Waals surface area contributed by atoms with E-state index in [0.29, 0.717) is 0 Å². The third kappa shape index (κ3) is 3.11. The summed E-state index contributed by atoms with van der Waals surface area (Å²) in [4.78, 5) is 34.4. The number of aliphatic carboxylic acids is 1. The predicted molar refractivity (Wildman–Crippen MR) is 68.0 cm³/mol. The van der Waals surface area contributed by atoms with Crippen LogP contribution in [-0.4, -0.2) is 48.7 Å². The van der Waals surface area contributed by atoms with Gasteiger partial charge in [-0.1, -0.05) is 0 Å². The highest BCUT2D eigenvalue weighted by Gasteiger charge is 2.36. The second kappa shape index (κ2) is 5.68. The number of nitrogens with zero attached hydrogens (tertiary/aromatic N) is 4. The predicted octanol–water partition coefficient (Wildman–Crippen LogP) is 0.503. The summed E-state index contributed by atoms with van der Waals surface area (Å²) in [5.74, 6) is -1.60. The Morgan fingerprint density at radius 2 is 2.15 bits per heavy atom. The number of nitro groups is 1. The fourth-order valence-corrected chi connectivity index (χ4v) is 1.76. The van der Waals surface area contributed by atoms with E-state index in [1.807, 2.05) is 0 Å². The van der Waals surface area contributed by atoms with Crippen molar-refractivity contribution in [1.82, 2.24) is 14.7 Å². The van der Waals surface area contributed by atoms with E-state index in [9.17, 15) is 19.7 Å². The fourth-order valence-electron chi connectivity index (χ4n) is 1.76. The molecule has 0 spiro atoms. The maximum Gasteiger partial charge on any atom is 0.329 e. The second-order valence-corrected chi connectivity index (χ2v) is 4.66. The molecule has 0 atom stereocenters. The van der Waals surface area contributed by atoms with Gasteiger partial charge in [-0.3, -0.25) is 19.6 Å². The van der Waals surface area contributed by atoms with E-state index in [1.54, 1.807) is 6.92 Å². The van der Waals surface area contributed by atoms with Crippen LogP contribution < -0.4 is 0 Å². The van der Waals surface area contributed by atoms with Crippen molar-refractivity contribution in [3.63, 3.8) is 0 Å². The van der Waals surface area contributed by atoms with Crippen LogP contribution in [0.5, 0.6) is 0 Å². The highest BCUT2D eigenvalue weighted by molar-refractivity contribution is 5.86. The van der Waals surface area contributed by atoms with Gasteiger partial charge in [-0.05, 0) is 20.8 Å². The van der Waals surface area contributed by atoms with Crippen LogP contribution in [0, 0.1) is 10.1 Å². The Balaban J connectivity index is 2.87. The minimum Gasteiger partial charge on any atom is -0.480 e. The van der Waals surface area contributed by atoms with Crippen LogP contribution in [0.15, 0.2) is 12.4 Å². The number of likely N-dealkylation sites (N-methyl/N-ethyl adjacent to an activating group) is 1. The van der Waals surface area contributed by atoms with Gasteiger partial charge in [0.25, 0.3) is 0 Å². The molecule has 20 heavy (non-hydrogen) atoms. The van der Waals surface area contributed by atoms with Crippen LogP contribution in [-0.2, 0) is 16.1 Å². The smallest absolute Gasteiger partial charge is 0.329 e. The summed E-state index contributed by atoms with van der Waals surface area (Å²) in [6.45, 7) is 4.46. The van der Waals surface area contributed by atoms with E-state index in [0.717, 1.165) is 17.1 Å². The number of hydrogen-bond acceptors (Lipinski definition) is 5. The lowest BCUT2D eigenvalue weighted by Crippen LogP contribution is -2.53. The van der Waals surface area contributed by atoms with Crippen molar-refractivity contribution in [3.8, 4) is 0 Å². The summed E-state index contributed by atoms with van der Waals surface area (Å²) in [6.07, 6.45) is 2.16. The molecule has 110 valence electrons. The molecule has 0 fully saturated rings. The SMILES string of the molecule is CCN(C(=O)Cn1cc([N+](=O)[O-])cn1)C(C)(C)C(=O)O. The summed E-state index contributed by atoms with van der Waals surface area (Å²) in [7, 11) is 0. The third-order valence-electron chi connectivity index (χ3n) is 2.94. The first kappa shape index (κ1) is 15.6. The number of hydrogen-bond donors (Lipinski definition) is 1. The van der Waals surface area contributed by atoms with E-state index in [4.69, 9.17) is 5.11 Å². The number of rotatable bonds is 6. The third-order valence-corrected chi connectivity index (χ3v) is 2.94. The molecule has 0 radical (unpaired) electrons. The van der Waals surface area contributed by atoms with Gasteiger partial charge < -0.3 is 10.0 Å². The Bertz CT molecular complexity index is 537. The highest BCUT2D eigenvalue weighted by Crippen LogP contribution is 2.16. The van der Waals surface area contributed by atoms with Gasteiger partial charge in [0.1, 0.15) is 24.5 Å². The summed E-state index contributed by atoms with van der Waals surface area (Å²) in [6, 6.07) is 0. The van der Waals surface area contributed by atoms with Gasteiger partial charge in [0.15, 0.2) is 0 Å². The van der Waals surface area contributed by atoms with E-state index in [-0.39, 0.29) is 18.8 Å². The summed E-state index contributed by atoms with van der Waals surface area (Å²) >= 11 is 0. The molecule has 0 unspecified atom stereocenters. The summed E-state index contributed by atoms with van der Waals surface area (Å²) in [5, 5.41) is 23.3. The lowest BCUT2D eigenvalue weighted by molar-refractivity contribution is -0.385. The van der Waals surface area contributed by atoms with Crippen LogP contribution in [0.2, 0.25) is 0 Å². The van der Waals surface area contributed by atoms with Crippen LogP contribution in [0.3, 0.4) is 0 Å². The van der Waals surface area contributed by atoms with Crippen LogP contribution in [0.1, 0.15) is 20.8 Å². The first-order chi connectivity index (χ1) is 9.20. The Hall–Kier alpha value is -2.45. The molecule has 0 bridgehead atoms. The van der Waals surface area contributed by atoms with Gasteiger partial charge >= 0.3 is 11.7 Å². The number of aromatic nitrogens is 2. The molecule has 1 amide bonds. The summed E-state index contributed by atoms with van der Waals surface area (Å²) < 4.78 is 1.11. The Morgan fingerprint density at radius 3 is 2.55 bits per heavy atom. The number of amides is 1. The van der Waals surface area contributed by atoms with Gasteiger partial charge in [-0.2, -0.15) is 5.10 Å². The molecule has 9 nitrogen and oxygen atoms in total. The molecule has 0 saturated heterocycles. The molecule has 0 aromatic carbocycles. The molecule has 0 aliphatic rings. The zero-order chi connectivity index (χ0) is 15.5. The van der Waals surface area contributed by atoms with Crippen molar-refractivity contribution >= 4 is 17.6 Å². The highest BCUT2D eigenvalue weighted by atomic mass is 16.6. The molecule has 0 saturated carbocycles. The maximum atomic E-state index is 12.1. The van der Waals surface area contributed by atoms with Gasteiger partial charge in [0.2, 0.25) is 5.91 Å². The minimum absolute atomic E-state index is 0.210. The second-order valence-electron chi connectivity index (χ2n) is 4.66. The lowest BCUT2D eigenvalue weighted by Gasteiger charge is -2.34. The molecule has 1 aromatic heterocycles. The number of carbonyl (C=O) groups excluding carboxylic acids is 1. The molecular weight excluding hydrogens is 268 g/mol. The van der Waals surface area contributed by atoms with Crippen molar-refractivity contribution in [3.05, 3.63) is 22.5 Å². The average Bonchev–Trinajstić information content (AvgIpc) is 2.77. The number of carboxylic acids is 1. The first-order valence-electron chi connectivity index (χ1n) is 5.90. The van der Waals surface area contributed by atoms with Crippen LogP contribution in [0.25, 0.3) is 0 Å². The number of carbonyl (C=O) groups is 2. The molecular formula is C11H16N4O5. The van der Waals surface area contributed by atoms with Crippen molar-refractivity contribution < 1.29 is 19.6 Å². The van der Waals surface area contributed by atoms with Crippen LogP contribution in [0.4, 0.5) is 5.69 Å². The van der Waals surface area contributed by atoms with E-state index in [2.05, 4.69) is 5.10 Å². The minimum atomic E-state index is -1.36. The Labute approximate surface area is 114 Å². The quantitative estimate of drug-likeness (QED) is 0.600. The largest absolute Gasteiger partial charge is 0.480 e. The van der Waals surface area contributed by atoms with Gasteiger partial charge in [0, 0.05) is 6.54 Å². The molecule has 1 heterocycles. The normalized spacial score (nSPS) is 11.2. The van der Waals surface area contributed by atoms with Crippen molar-refractivity contribution in [2.24, 2.45) is 0 Å². The van der Waals surface area contributed by atoms with Crippen molar-refractivity contribution in [2.75, 3.05) is 6.54 Å². The molecule has 1 N–H and O–H groups in total. The zero-order valence-corrected chi connectivity index (χ0v) is 11.4. The first-order valence-corrected chi connectivity index (χ1v) is 5.90. The van der Waals surface area contributed by atoms with E-state index >= 15 is 0 Å². The van der Waals surface area contributed by atoms with Gasteiger partial charge in [-0.25, -0.2) is 4.79 Å². The Kier molecular flexibility index (Phi) is 4.43. The van der Waals surface area contributed by atoms with Crippen LogP contribution >= 0.6 is 0 Å². The topological polar surface area (TPSA) is 119 Å². The van der Waals surface area contributed by atoms with E-state index in [1.165, 1.54) is 18.7 Å². The lowest BCUT2D eigenvalue weighted by atomic mass is 10.0.